The van der Waals surface area contributed by atoms with Gasteiger partial charge >= 0.3 is 0 Å². The summed E-state index contributed by atoms with van der Waals surface area (Å²) in [6.45, 7) is 3.71. The normalized spacial score (nSPS) is 11.5. The number of halogens is 1. The van der Waals surface area contributed by atoms with Crippen LogP contribution in [-0.4, -0.2) is 26.7 Å². The number of anilines is 1. The third kappa shape index (κ3) is 4.46. The Hall–Kier alpha value is -2.12. The molecule has 0 saturated heterocycles. The minimum Gasteiger partial charge on any atom is -0.489 e. The van der Waals surface area contributed by atoms with Crippen molar-refractivity contribution in [3.05, 3.63) is 53.8 Å². The molecule has 0 aliphatic heterocycles. The van der Waals surface area contributed by atoms with E-state index in [1.807, 2.05) is 13.8 Å². The summed E-state index contributed by atoms with van der Waals surface area (Å²) in [7, 11) is -3.83. The molecule has 0 spiro atoms. The first kappa shape index (κ1) is 18.2. The maximum atomic E-state index is 13.3. The molecule has 2 aromatic carbocycles. The summed E-state index contributed by atoms with van der Waals surface area (Å²) in [5.41, 5.74) is 1.14. The molecule has 2 N–H and O–H groups in total. The lowest BCUT2D eigenvalue weighted by atomic mass is 10.0. The van der Waals surface area contributed by atoms with Crippen molar-refractivity contribution in [2.45, 2.75) is 24.7 Å². The van der Waals surface area contributed by atoms with Gasteiger partial charge in [0, 0.05) is 6.07 Å². The van der Waals surface area contributed by atoms with E-state index in [9.17, 15) is 12.8 Å². The van der Waals surface area contributed by atoms with Gasteiger partial charge in [-0.2, -0.15) is 0 Å². The number of nitrogens with one attached hydrogen (secondary N) is 1. The molecule has 0 atom stereocenters. The van der Waals surface area contributed by atoms with E-state index in [4.69, 9.17) is 9.84 Å². The van der Waals surface area contributed by atoms with Crippen molar-refractivity contribution in [1.29, 1.82) is 0 Å². The van der Waals surface area contributed by atoms with Crippen LogP contribution >= 0.6 is 0 Å². The molecule has 0 radical (unpaired) electrons. The number of benzene rings is 2. The SMILES string of the molecule is CC(C)c1ccc(S(=O)(=O)Nc2ccc(F)cc2OCCO)cc1. The first-order chi connectivity index (χ1) is 11.3. The van der Waals surface area contributed by atoms with E-state index in [1.165, 1.54) is 18.2 Å². The zero-order chi connectivity index (χ0) is 17.7. The molecule has 0 bridgehead atoms. The highest BCUT2D eigenvalue weighted by Crippen LogP contribution is 2.28. The van der Waals surface area contributed by atoms with E-state index < -0.39 is 15.8 Å². The summed E-state index contributed by atoms with van der Waals surface area (Å²) >= 11 is 0. The first-order valence-corrected chi connectivity index (χ1v) is 8.98. The number of hydrogen-bond acceptors (Lipinski definition) is 4. The van der Waals surface area contributed by atoms with Crippen molar-refractivity contribution in [1.82, 2.24) is 0 Å². The summed E-state index contributed by atoms with van der Waals surface area (Å²) in [4.78, 5) is 0.101. The van der Waals surface area contributed by atoms with Crippen molar-refractivity contribution in [2.24, 2.45) is 0 Å². The smallest absolute Gasteiger partial charge is 0.262 e. The van der Waals surface area contributed by atoms with Crippen LogP contribution in [0, 0.1) is 5.82 Å². The molecule has 0 unspecified atom stereocenters. The Labute approximate surface area is 141 Å². The predicted octanol–water partition coefficient (Wildman–Crippen LogP) is 3.12. The second-order valence-electron chi connectivity index (χ2n) is 5.54. The van der Waals surface area contributed by atoms with Crippen LogP contribution in [0.3, 0.4) is 0 Å². The fraction of sp³-hybridized carbons (Fsp3) is 0.294. The van der Waals surface area contributed by atoms with Crippen LogP contribution in [0.15, 0.2) is 47.4 Å². The van der Waals surface area contributed by atoms with Gasteiger partial charge in [0.2, 0.25) is 0 Å². The van der Waals surface area contributed by atoms with Crippen LogP contribution in [0.1, 0.15) is 25.3 Å². The quantitative estimate of drug-likeness (QED) is 0.802. The van der Waals surface area contributed by atoms with E-state index in [0.29, 0.717) is 5.92 Å². The molecule has 0 heterocycles. The van der Waals surface area contributed by atoms with E-state index in [-0.39, 0.29) is 29.5 Å². The molecule has 7 heteroatoms. The highest BCUT2D eigenvalue weighted by molar-refractivity contribution is 7.92. The third-order valence-corrected chi connectivity index (χ3v) is 4.78. The third-order valence-electron chi connectivity index (χ3n) is 3.39. The Balaban J connectivity index is 2.28. The summed E-state index contributed by atoms with van der Waals surface area (Å²) in [5, 5.41) is 8.81. The van der Waals surface area contributed by atoms with E-state index in [2.05, 4.69) is 4.72 Å². The number of aliphatic hydroxyl groups excluding tert-OH is 1. The van der Waals surface area contributed by atoms with Crippen LogP contribution in [0.4, 0.5) is 10.1 Å². The Morgan fingerprint density at radius 2 is 1.83 bits per heavy atom. The second-order valence-corrected chi connectivity index (χ2v) is 7.22. The number of hydrogen-bond donors (Lipinski definition) is 2. The standard InChI is InChI=1S/C17H20FNO4S/c1-12(2)13-3-6-15(7-4-13)24(21,22)19-16-8-5-14(18)11-17(16)23-10-9-20/h3-8,11-12,19-20H,9-10H2,1-2H3. The van der Waals surface area contributed by atoms with Crippen LogP contribution in [0.25, 0.3) is 0 Å². The first-order valence-electron chi connectivity index (χ1n) is 7.49. The van der Waals surface area contributed by atoms with E-state index >= 15 is 0 Å². The molecule has 130 valence electrons. The van der Waals surface area contributed by atoms with Crippen LogP contribution in [0.2, 0.25) is 0 Å². The predicted molar refractivity (Wildman–Crippen MR) is 90.3 cm³/mol. The topological polar surface area (TPSA) is 75.6 Å². The minimum absolute atomic E-state index is 0.0198. The maximum Gasteiger partial charge on any atom is 0.262 e. The molecule has 0 aromatic heterocycles. The van der Waals surface area contributed by atoms with E-state index in [0.717, 1.165) is 17.7 Å². The lowest BCUT2D eigenvalue weighted by molar-refractivity contribution is 0.201. The van der Waals surface area contributed by atoms with Gasteiger partial charge in [-0.15, -0.1) is 0 Å². The van der Waals surface area contributed by atoms with Gasteiger partial charge in [0.1, 0.15) is 18.2 Å². The number of ether oxygens (including phenoxy) is 1. The largest absolute Gasteiger partial charge is 0.489 e. The molecule has 0 saturated carbocycles. The lowest BCUT2D eigenvalue weighted by Gasteiger charge is -2.14. The molecular formula is C17H20FNO4S. The average Bonchev–Trinajstić information content (AvgIpc) is 2.55. The highest BCUT2D eigenvalue weighted by atomic mass is 32.2. The summed E-state index contributed by atoms with van der Waals surface area (Å²) in [6, 6.07) is 10.0. The van der Waals surface area contributed by atoms with Crippen molar-refractivity contribution in [3.63, 3.8) is 0 Å². The Kier molecular flexibility index (Phi) is 5.80. The van der Waals surface area contributed by atoms with Crippen molar-refractivity contribution >= 4 is 15.7 Å². The van der Waals surface area contributed by atoms with Crippen LogP contribution < -0.4 is 9.46 Å². The molecule has 0 fully saturated rings. The number of aliphatic hydroxyl groups is 1. The average molecular weight is 353 g/mol. The van der Waals surface area contributed by atoms with Gasteiger partial charge in [0.15, 0.2) is 0 Å². The monoisotopic (exact) mass is 353 g/mol. The van der Waals surface area contributed by atoms with Gasteiger partial charge in [-0.1, -0.05) is 26.0 Å². The van der Waals surface area contributed by atoms with Gasteiger partial charge < -0.3 is 9.84 Å². The molecule has 2 aromatic rings. The van der Waals surface area contributed by atoms with Crippen LogP contribution in [-0.2, 0) is 10.0 Å². The summed E-state index contributed by atoms with van der Waals surface area (Å²) < 4.78 is 45.9. The second kappa shape index (κ2) is 7.63. The summed E-state index contributed by atoms with van der Waals surface area (Å²) in [5.74, 6) is -0.246. The van der Waals surface area contributed by atoms with Gasteiger partial charge in [0.25, 0.3) is 10.0 Å². The Morgan fingerprint density at radius 1 is 1.17 bits per heavy atom. The molecule has 5 nitrogen and oxygen atoms in total. The van der Waals surface area contributed by atoms with Crippen molar-refractivity contribution < 1.29 is 22.7 Å². The molecule has 0 aliphatic rings. The van der Waals surface area contributed by atoms with Crippen molar-refractivity contribution in [3.8, 4) is 5.75 Å². The molecule has 0 amide bonds. The van der Waals surface area contributed by atoms with Gasteiger partial charge in [-0.05, 0) is 35.7 Å². The van der Waals surface area contributed by atoms with Gasteiger partial charge in [-0.3, -0.25) is 4.72 Å². The van der Waals surface area contributed by atoms with E-state index in [1.54, 1.807) is 12.1 Å². The summed E-state index contributed by atoms with van der Waals surface area (Å²) in [6.07, 6.45) is 0. The fourth-order valence-electron chi connectivity index (χ4n) is 2.09. The van der Waals surface area contributed by atoms with Gasteiger partial charge in [-0.25, -0.2) is 12.8 Å². The zero-order valence-corrected chi connectivity index (χ0v) is 14.3. The van der Waals surface area contributed by atoms with Crippen LogP contribution in [0.5, 0.6) is 5.75 Å². The zero-order valence-electron chi connectivity index (χ0n) is 13.5. The van der Waals surface area contributed by atoms with Gasteiger partial charge in [0.05, 0.1) is 17.2 Å². The number of rotatable bonds is 7. The minimum atomic E-state index is -3.83. The van der Waals surface area contributed by atoms with Crippen molar-refractivity contribution in [2.75, 3.05) is 17.9 Å². The molecule has 0 aliphatic carbocycles. The Morgan fingerprint density at radius 3 is 2.42 bits per heavy atom. The molecule has 2 rings (SSSR count). The Bertz CT molecular complexity index is 789. The fourth-order valence-corrected chi connectivity index (χ4v) is 3.16. The number of sulfonamides is 1. The highest BCUT2D eigenvalue weighted by Gasteiger charge is 2.17. The molecular weight excluding hydrogens is 333 g/mol. The molecule has 24 heavy (non-hydrogen) atoms. The maximum absolute atomic E-state index is 13.3. The lowest BCUT2D eigenvalue weighted by Crippen LogP contribution is -2.14.